The Labute approximate surface area is 75.0 Å². The maximum absolute atomic E-state index is 4.10. The number of aromatic nitrogens is 3. The lowest BCUT2D eigenvalue weighted by Gasteiger charge is -2.15. The maximum atomic E-state index is 4.10. The zero-order chi connectivity index (χ0) is 8.67. The van der Waals surface area contributed by atoms with Gasteiger partial charge in [0.2, 0.25) is 0 Å². The van der Waals surface area contributed by atoms with Crippen LogP contribution in [0.2, 0.25) is 0 Å². The number of rotatable bonds is 0. The summed E-state index contributed by atoms with van der Waals surface area (Å²) in [5, 5.41) is 11.2. The first-order chi connectivity index (χ1) is 6.45. The molecule has 0 bridgehead atoms. The van der Waals surface area contributed by atoms with Crippen LogP contribution in [-0.2, 0) is 6.54 Å². The minimum Gasteiger partial charge on any atom is -0.378 e. The minimum absolute atomic E-state index is 0.834. The topological polar surface area (TPSA) is 53.6 Å². The summed E-state index contributed by atoms with van der Waals surface area (Å²) in [6, 6.07) is 3.97. The Kier molecular flexibility index (Phi) is 1.19. The Balaban J connectivity index is 2.30. The Morgan fingerprint density at radius 1 is 1.31 bits per heavy atom. The average Bonchev–Trinajstić information content (AvgIpc) is 2.65. The van der Waals surface area contributed by atoms with Crippen molar-refractivity contribution in [2.75, 3.05) is 5.32 Å². The second kappa shape index (κ2) is 2.32. The largest absolute Gasteiger partial charge is 0.378 e. The summed E-state index contributed by atoms with van der Waals surface area (Å²) < 4.78 is 0. The molecular weight excluding hydrogens is 164 g/mol. The summed E-state index contributed by atoms with van der Waals surface area (Å²) in [5.41, 5.74) is 4.32. The number of nitrogens with one attached hydrogen (secondary N) is 2. The van der Waals surface area contributed by atoms with Gasteiger partial charge in [-0.3, -0.25) is 0 Å². The summed E-state index contributed by atoms with van der Waals surface area (Å²) in [5.74, 6) is 0. The van der Waals surface area contributed by atoms with Crippen molar-refractivity contribution >= 4 is 5.69 Å². The van der Waals surface area contributed by atoms with E-state index < -0.39 is 0 Å². The zero-order valence-electron chi connectivity index (χ0n) is 6.91. The number of H-pyrrole nitrogens is 1. The van der Waals surface area contributed by atoms with Crippen molar-refractivity contribution in [1.82, 2.24) is 15.2 Å². The van der Waals surface area contributed by atoms with Crippen LogP contribution in [0.25, 0.3) is 11.3 Å². The fourth-order valence-electron chi connectivity index (χ4n) is 1.63. The van der Waals surface area contributed by atoms with E-state index in [1.165, 1.54) is 5.69 Å². The highest BCUT2D eigenvalue weighted by atomic mass is 15.1. The van der Waals surface area contributed by atoms with Gasteiger partial charge in [-0.05, 0) is 12.1 Å². The van der Waals surface area contributed by atoms with E-state index in [4.69, 9.17) is 0 Å². The first kappa shape index (κ1) is 6.65. The molecule has 3 rings (SSSR count). The Morgan fingerprint density at radius 3 is 3.31 bits per heavy atom. The van der Waals surface area contributed by atoms with Gasteiger partial charge in [0.05, 0.1) is 18.4 Å². The molecule has 2 aromatic rings. The van der Waals surface area contributed by atoms with Crippen molar-refractivity contribution in [2.24, 2.45) is 0 Å². The number of aromatic amines is 1. The lowest BCUT2D eigenvalue weighted by Crippen LogP contribution is -2.09. The molecule has 0 saturated carbocycles. The van der Waals surface area contributed by atoms with Gasteiger partial charge in [-0.1, -0.05) is 0 Å². The molecule has 0 fully saturated rings. The van der Waals surface area contributed by atoms with Crippen molar-refractivity contribution in [3.05, 3.63) is 30.2 Å². The number of hydrogen-bond acceptors (Lipinski definition) is 3. The van der Waals surface area contributed by atoms with Crippen molar-refractivity contribution in [3.8, 4) is 11.3 Å². The molecule has 4 heteroatoms. The van der Waals surface area contributed by atoms with Crippen LogP contribution in [0.4, 0.5) is 5.69 Å². The zero-order valence-corrected chi connectivity index (χ0v) is 6.91. The van der Waals surface area contributed by atoms with E-state index in [0.717, 1.165) is 23.5 Å². The quantitative estimate of drug-likeness (QED) is 0.631. The fourth-order valence-corrected chi connectivity index (χ4v) is 1.63. The predicted octanol–water partition coefficient (Wildman–Crippen LogP) is 1.40. The minimum atomic E-state index is 0.834. The van der Waals surface area contributed by atoms with Crippen LogP contribution in [0.5, 0.6) is 0 Å². The molecule has 0 saturated heterocycles. The molecule has 2 N–H and O–H groups in total. The lowest BCUT2D eigenvalue weighted by atomic mass is 10.1. The molecule has 1 aliphatic heterocycles. The van der Waals surface area contributed by atoms with E-state index in [1.54, 1.807) is 6.20 Å². The third-order valence-corrected chi connectivity index (χ3v) is 2.26. The third-order valence-electron chi connectivity index (χ3n) is 2.26. The van der Waals surface area contributed by atoms with Gasteiger partial charge >= 0.3 is 0 Å². The molecule has 13 heavy (non-hydrogen) atoms. The van der Waals surface area contributed by atoms with Gasteiger partial charge < -0.3 is 10.3 Å². The molecule has 2 aromatic heterocycles. The summed E-state index contributed by atoms with van der Waals surface area (Å²) in [6.07, 6.45) is 3.62. The number of anilines is 1. The second-order valence-electron chi connectivity index (χ2n) is 3.02. The van der Waals surface area contributed by atoms with Gasteiger partial charge in [-0.25, -0.2) is 0 Å². The summed E-state index contributed by atoms with van der Waals surface area (Å²) in [4.78, 5) is 3.17. The number of nitrogens with zero attached hydrogens (tertiary/aromatic N) is 2. The normalized spacial score (nSPS) is 12.9. The van der Waals surface area contributed by atoms with E-state index in [1.807, 2.05) is 18.3 Å². The summed E-state index contributed by atoms with van der Waals surface area (Å²) in [7, 11) is 0. The predicted molar refractivity (Wildman–Crippen MR) is 49.1 cm³/mol. The summed E-state index contributed by atoms with van der Waals surface area (Å²) in [6.45, 7) is 0.834. The molecule has 0 atom stereocenters. The standard InChI is InChI=1S/C9H8N4/c1-3-10-8-5-11-7-2-4-12-13-9(7)6(1)8/h1-4,10-11H,5H2. The van der Waals surface area contributed by atoms with Gasteiger partial charge in [0.25, 0.3) is 0 Å². The fraction of sp³-hybridized carbons (Fsp3) is 0.111. The first-order valence-electron chi connectivity index (χ1n) is 4.17. The van der Waals surface area contributed by atoms with E-state index in [-0.39, 0.29) is 0 Å². The van der Waals surface area contributed by atoms with Crippen LogP contribution in [0.3, 0.4) is 0 Å². The van der Waals surface area contributed by atoms with Crippen molar-refractivity contribution < 1.29 is 0 Å². The highest BCUT2D eigenvalue weighted by Gasteiger charge is 2.16. The summed E-state index contributed by atoms with van der Waals surface area (Å²) >= 11 is 0. The molecule has 0 aromatic carbocycles. The molecule has 0 spiro atoms. The van der Waals surface area contributed by atoms with Gasteiger partial charge in [-0.15, -0.1) is 5.10 Å². The van der Waals surface area contributed by atoms with E-state index in [0.29, 0.717) is 0 Å². The van der Waals surface area contributed by atoms with E-state index in [9.17, 15) is 0 Å². The number of hydrogen-bond donors (Lipinski definition) is 2. The van der Waals surface area contributed by atoms with Gasteiger partial charge in [-0.2, -0.15) is 5.10 Å². The molecule has 3 heterocycles. The van der Waals surface area contributed by atoms with Gasteiger partial charge in [0, 0.05) is 17.5 Å². The van der Waals surface area contributed by atoms with E-state index >= 15 is 0 Å². The van der Waals surface area contributed by atoms with Crippen LogP contribution in [0, 0.1) is 0 Å². The van der Waals surface area contributed by atoms with Crippen LogP contribution in [0.15, 0.2) is 24.5 Å². The van der Waals surface area contributed by atoms with Crippen LogP contribution in [-0.4, -0.2) is 15.2 Å². The van der Waals surface area contributed by atoms with Crippen molar-refractivity contribution in [1.29, 1.82) is 0 Å². The van der Waals surface area contributed by atoms with Crippen LogP contribution < -0.4 is 5.32 Å². The smallest absolute Gasteiger partial charge is 0.118 e. The molecule has 1 aliphatic rings. The van der Waals surface area contributed by atoms with Crippen LogP contribution >= 0.6 is 0 Å². The van der Waals surface area contributed by atoms with Crippen molar-refractivity contribution in [2.45, 2.75) is 6.54 Å². The molecule has 0 unspecified atom stereocenters. The highest BCUT2D eigenvalue weighted by molar-refractivity contribution is 5.78. The first-order valence-corrected chi connectivity index (χ1v) is 4.17. The van der Waals surface area contributed by atoms with Crippen molar-refractivity contribution in [3.63, 3.8) is 0 Å². The average molecular weight is 172 g/mol. The molecule has 0 amide bonds. The molecule has 0 aliphatic carbocycles. The lowest BCUT2D eigenvalue weighted by molar-refractivity contribution is 0.989. The maximum Gasteiger partial charge on any atom is 0.118 e. The monoisotopic (exact) mass is 172 g/mol. The molecular formula is C9H8N4. The Morgan fingerprint density at radius 2 is 2.31 bits per heavy atom. The van der Waals surface area contributed by atoms with E-state index in [2.05, 4.69) is 20.5 Å². The molecule has 4 nitrogen and oxygen atoms in total. The third kappa shape index (κ3) is 0.853. The Hall–Kier alpha value is -1.84. The van der Waals surface area contributed by atoms with Gasteiger partial charge in [0.1, 0.15) is 5.69 Å². The Bertz CT molecular complexity index is 446. The van der Waals surface area contributed by atoms with Gasteiger partial charge in [0.15, 0.2) is 0 Å². The number of fused-ring (bicyclic) bond motifs is 3. The SMILES string of the molecule is c1cc2c(nn1)-c1cc[nH]c1CN2. The molecule has 64 valence electrons. The highest BCUT2D eigenvalue weighted by Crippen LogP contribution is 2.31. The second-order valence-corrected chi connectivity index (χ2v) is 3.02. The molecule has 0 radical (unpaired) electrons. The van der Waals surface area contributed by atoms with Crippen LogP contribution in [0.1, 0.15) is 5.69 Å².